The predicted molar refractivity (Wildman–Crippen MR) is 77.6 cm³/mol. The summed E-state index contributed by atoms with van der Waals surface area (Å²) in [5.74, 6) is -0.928. The van der Waals surface area contributed by atoms with Gasteiger partial charge < -0.3 is 19.3 Å². The average Bonchev–Trinajstić information content (AvgIpc) is 2.44. The molecule has 6 nitrogen and oxygen atoms in total. The van der Waals surface area contributed by atoms with Gasteiger partial charge in [0, 0.05) is 5.92 Å². The molecular formula is C15H28O6. The summed E-state index contributed by atoms with van der Waals surface area (Å²) >= 11 is 0. The maximum atomic E-state index is 11.3. The zero-order valence-electron chi connectivity index (χ0n) is 13.6. The van der Waals surface area contributed by atoms with Crippen molar-refractivity contribution in [2.45, 2.75) is 40.7 Å². The molecule has 1 N–H and O–H groups in total. The van der Waals surface area contributed by atoms with Crippen molar-refractivity contribution >= 4 is 11.9 Å². The minimum atomic E-state index is -0.559. The lowest BCUT2D eigenvalue weighted by atomic mass is 10.2. The zero-order chi connectivity index (χ0) is 16.4. The van der Waals surface area contributed by atoms with Gasteiger partial charge in [0.2, 0.25) is 0 Å². The van der Waals surface area contributed by atoms with E-state index in [9.17, 15) is 14.7 Å². The molecule has 0 aromatic heterocycles. The Morgan fingerprint density at radius 1 is 0.857 bits per heavy atom. The van der Waals surface area contributed by atoms with Gasteiger partial charge in [-0.3, -0.25) is 9.59 Å². The number of carbonyl (C=O) groups is 2. The molecule has 0 spiro atoms. The van der Waals surface area contributed by atoms with Gasteiger partial charge in [-0.1, -0.05) is 34.6 Å². The van der Waals surface area contributed by atoms with Gasteiger partial charge in [-0.2, -0.15) is 0 Å². The number of rotatable bonds is 10. The summed E-state index contributed by atoms with van der Waals surface area (Å²) in [5.41, 5.74) is 0. The second-order valence-electron chi connectivity index (χ2n) is 5.81. The molecule has 0 fully saturated rings. The van der Waals surface area contributed by atoms with E-state index in [0.29, 0.717) is 6.61 Å². The largest absolute Gasteiger partial charge is 0.465 e. The summed E-state index contributed by atoms with van der Waals surface area (Å²) in [6, 6.07) is 0. The molecule has 0 aliphatic heterocycles. The van der Waals surface area contributed by atoms with Gasteiger partial charge in [-0.15, -0.1) is 0 Å². The summed E-state index contributed by atoms with van der Waals surface area (Å²) in [7, 11) is 0. The van der Waals surface area contributed by atoms with Gasteiger partial charge in [0.05, 0.1) is 31.7 Å². The number of ether oxygens (including phenoxy) is 3. The number of carbonyl (C=O) groups excluding carboxylic acids is 2. The van der Waals surface area contributed by atoms with Crippen molar-refractivity contribution in [2.24, 2.45) is 17.8 Å². The fourth-order valence-corrected chi connectivity index (χ4v) is 1.23. The van der Waals surface area contributed by atoms with Crippen molar-refractivity contribution < 1.29 is 28.9 Å². The Hall–Kier alpha value is -1.14. The van der Waals surface area contributed by atoms with Crippen molar-refractivity contribution in [3.05, 3.63) is 0 Å². The fraction of sp³-hybridized carbons (Fsp3) is 0.867. The van der Waals surface area contributed by atoms with Crippen LogP contribution in [0.5, 0.6) is 0 Å². The highest BCUT2D eigenvalue weighted by Crippen LogP contribution is 2.05. The Balaban J connectivity index is 3.93. The predicted octanol–water partition coefficient (Wildman–Crippen LogP) is 1.40. The van der Waals surface area contributed by atoms with E-state index in [2.05, 4.69) is 0 Å². The molecule has 21 heavy (non-hydrogen) atoms. The molecule has 2 unspecified atom stereocenters. The Morgan fingerprint density at radius 3 is 1.76 bits per heavy atom. The van der Waals surface area contributed by atoms with E-state index in [-0.39, 0.29) is 49.5 Å². The molecule has 0 aliphatic rings. The second-order valence-corrected chi connectivity index (χ2v) is 5.81. The van der Waals surface area contributed by atoms with E-state index in [0.717, 1.165) is 0 Å². The number of aliphatic hydroxyl groups excluding tert-OH is 1. The summed E-state index contributed by atoms with van der Waals surface area (Å²) in [6.07, 6.45) is -0.559. The molecule has 0 aromatic rings. The van der Waals surface area contributed by atoms with Crippen LogP contribution in [0.1, 0.15) is 34.6 Å². The number of hydrogen-bond acceptors (Lipinski definition) is 6. The number of hydrogen-bond donors (Lipinski definition) is 1. The lowest BCUT2D eigenvalue weighted by molar-refractivity contribution is -0.155. The summed E-state index contributed by atoms with van der Waals surface area (Å²) in [6.45, 7) is 9.27. The van der Waals surface area contributed by atoms with Crippen LogP contribution in [0.25, 0.3) is 0 Å². The Labute approximate surface area is 126 Å². The maximum Gasteiger partial charge on any atom is 0.308 e. The van der Waals surface area contributed by atoms with Gasteiger partial charge in [0.1, 0.15) is 12.7 Å². The highest BCUT2D eigenvalue weighted by molar-refractivity contribution is 5.71. The van der Waals surface area contributed by atoms with Crippen LogP contribution in [0.2, 0.25) is 0 Å². The van der Waals surface area contributed by atoms with E-state index in [1.165, 1.54) is 0 Å². The third kappa shape index (κ3) is 9.42. The highest BCUT2D eigenvalue weighted by Gasteiger charge is 2.16. The van der Waals surface area contributed by atoms with E-state index >= 15 is 0 Å². The topological polar surface area (TPSA) is 82.1 Å². The fourth-order valence-electron chi connectivity index (χ4n) is 1.23. The minimum absolute atomic E-state index is 0.00236. The molecule has 0 heterocycles. The first-order valence-corrected chi connectivity index (χ1v) is 7.33. The van der Waals surface area contributed by atoms with E-state index in [4.69, 9.17) is 14.2 Å². The van der Waals surface area contributed by atoms with Gasteiger partial charge in [-0.05, 0) is 0 Å². The first kappa shape index (κ1) is 19.9. The zero-order valence-corrected chi connectivity index (χ0v) is 13.6. The molecule has 0 aliphatic carbocycles. The third-order valence-electron chi connectivity index (χ3n) is 2.68. The molecule has 2 atom stereocenters. The van der Waals surface area contributed by atoms with Crippen LogP contribution in [0.15, 0.2) is 0 Å². The first-order valence-electron chi connectivity index (χ1n) is 7.33. The van der Waals surface area contributed by atoms with Gasteiger partial charge >= 0.3 is 11.9 Å². The lowest BCUT2D eigenvalue weighted by Gasteiger charge is -2.19. The van der Waals surface area contributed by atoms with Crippen molar-refractivity contribution in [3.8, 4) is 0 Å². The Kier molecular flexibility index (Phi) is 9.99. The molecule has 124 valence electrons. The minimum Gasteiger partial charge on any atom is -0.465 e. The van der Waals surface area contributed by atoms with Crippen molar-refractivity contribution in [3.63, 3.8) is 0 Å². The van der Waals surface area contributed by atoms with E-state index in [1.54, 1.807) is 27.7 Å². The van der Waals surface area contributed by atoms with Crippen molar-refractivity contribution in [1.82, 2.24) is 0 Å². The van der Waals surface area contributed by atoms with E-state index < -0.39 is 6.10 Å². The Bertz CT molecular complexity index is 313. The van der Waals surface area contributed by atoms with Crippen LogP contribution in [0, 0.1) is 17.8 Å². The highest BCUT2D eigenvalue weighted by atomic mass is 16.6. The summed E-state index contributed by atoms with van der Waals surface area (Å²) in [4.78, 5) is 22.6. The second kappa shape index (κ2) is 10.6. The molecule has 0 rings (SSSR count). The molecule has 0 saturated carbocycles. The smallest absolute Gasteiger partial charge is 0.308 e. The molecular weight excluding hydrogens is 276 g/mol. The number of esters is 2. The Morgan fingerprint density at radius 2 is 1.33 bits per heavy atom. The summed E-state index contributed by atoms with van der Waals surface area (Å²) in [5, 5.41) is 9.18. The van der Waals surface area contributed by atoms with Gasteiger partial charge in [-0.25, -0.2) is 0 Å². The molecule has 0 saturated heterocycles. The third-order valence-corrected chi connectivity index (χ3v) is 2.68. The van der Waals surface area contributed by atoms with Gasteiger partial charge in [0.25, 0.3) is 0 Å². The maximum absolute atomic E-state index is 11.3. The van der Waals surface area contributed by atoms with Crippen molar-refractivity contribution in [2.75, 3.05) is 26.4 Å². The quantitative estimate of drug-likeness (QED) is 0.614. The number of aliphatic hydroxyl groups is 1. The summed E-state index contributed by atoms with van der Waals surface area (Å²) < 4.78 is 15.6. The molecule has 6 heteroatoms. The normalized spacial score (nSPS) is 14.1. The van der Waals surface area contributed by atoms with Crippen LogP contribution < -0.4 is 0 Å². The SMILES string of the molecule is CC(COC(=O)C(C)C)COC(CO)COC(=O)C(C)C. The monoisotopic (exact) mass is 304 g/mol. The lowest BCUT2D eigenvalue weighted by Crippen LogP contribution is -2.29. The van der Waals surface area contributed by atoms with E-state index in [1.807, 2.05) is 6.92 Å². The first-order chi connectivity index (χ1) is 9.77. The van der Waals surface area contributed by atoms with Crippen LogP contribution >= 0.6 is 0 Å². The van der Waals surface area contributed by atoms with Crippen LogP contribution in [-0.2, 0) is 23.8 Å². The van der Waals surface area contributed by atoms with Crippen LogP contribution in [0.3, 0.4) is 0 Å². The molecule has 0 amide bonds. The molecule has 0 aromatic carbocycles. The average molecular weight is 304 g/mol. The van der Waals surface area contributed by atoms with Crippen molar-refractivity contribution in [1.29, 1.82) is 0 Å². The van der Waals surface area contributed by atoms with Crippen LogP contribution in [-0.4, -0.2) is 49.6 Å². The molecule has 0 bridgehead atoms. The standard InChI is InChI=1S/C15H28O6/c1-10(2)14(17)20-8-12(5)7-19-13(6-16)9-21-15(18)11(3)4/h10-13,16H,6-9H2,1-5H3. The van der Waals surface area contributed by atoms with Crippen LogP contribution in [0.4, 0.5) is 0 Å². The van der Waals surface area contributed by atoms with Gasteiger partial charge in [0.15, 0.2) is 0 Å². The molecule has 0 radical (unpaired) electrons.